The number of piperazine rings is 1. The number of ether oxygens (including phenoxy) is 2. The van der Waals surface area contributed by atoms with E-state index in [9.17, 15) is 13.2 Å². The van der Waals surface area contributed by atoms with E-state index in [0.29, 0.717) is 44.1 Å². The minimum absolute atomic E-state index is 0.1000. The van der Waals surface area contributed by atoms with Crippen molar-refractivity contribution in [3.63, 3.8) is 0 Å². The summed E-state index contributed by atoms with van der Waals surface area (Å²) in [6.07, 6.45) is 2.56. The van der Waals surface area contributed by atoms with E-state index in [-0.39, 0.29) is 31.4 Å². The van der Waals surface area contributed by atoms with Crippen LogP contribution in [0.5, 0.6) is 11.5 Å². The van der Waals surface area contributed by atoms with Gasteiger partial charge in [-0.3, -0.25) is 4.79 Å². The molecule has 0 atom stereocenters. The first-order valence-corrected chi connectivity index (χ1v) is 11.9. The Balaban J connectivity index is 1.18. The number of sulfonamides is 1. The Labute approximate surface area is 182 Å². The lowest BCUT2D eigenvalue weighted by molar-refractivity contribution is -0.120. The van der Waals surface area contributed by atoms with Crippen LogP contribution >= 0.6 is 0 Å². The molecule has 0 radical (unpaired) electrons. The van der Waals surface area contributed by atoms with Crippen molar-refractivity contribution < 1.29 is 22.7 Å². The second kappa shape index (κ2) is 9.52. The highest BCUT2D eigenvalue weighted by Gasteiger charge is 2.27. The standard InChI is InChI=1S/C21H26N4O5S/c26-21(7-5-17-4-6-18-19(15-17)30-16-29-18)23-9-14-31(27,28)25-12-10-24(11-13-25)20-3-1-2-8-22-20/h1-4,6,8,15H,5,7,9-14,16H2,(H,23,26). The molecule has 9 nitrogen and oxygen atoms in total. The van der Waals surface area contributed by atoms with Gasteiger partial charge in [-0.2, -0.15) is 4.31 Å². The van der Waals surface area contributed by atoms with E-state index in [1.54, 1.807) is 6.20 Å². The average Bonchev–Trinajstić information content (AvgIpc) is 3.26. The van der Waals surface area contributed by atoms with Crippen LogP contribution in [0.15, 0.2) is 42.6 Å². The molecule has 3 heterocycles. The van der Waals surface area contributed by atoms with Crippen LogP contribution in [0.3, 0.4) is 0 Å². The van der Waals surface area contributed by atoms with Gasteiger partial charge in [0.05, 0.1) is 5.75 Å². The Morgan fingerprint density at radius 2 is 1.87 bits per heavy atom. The fourth-order valence-electron chi connectivity index (χ4n) is 3.63. The number of aryl methyl sites for hydroxylation is 1. The van der Waals surface area contributed by atoms with Crippen molar-refractivity contribution in [2.24, 2.45) is 0 Å². The minimum Gasteiger partial charge on any atom is -0.454 e. The van der Waals surface area contributed by atoms with Gasteiger partial charge in [0, 0.05) is 45.3 Å². The fourth-order valence-corrected chi connectivity index (χ4v) is 4.97. The molecule has 0 bridgehead atoms. The highest BCUT2D eigenvalue weighted by Crippen LogP contribution is 2.32. The van der Waals surface area contributed by atoms with Gasteiger partial charge < -0.3 is 19.7 Å². The van der Waals surface area contributed by atoms with Gasteiger partial charge in [-0.05, 0) is 36.2 Å². The van der Waals surface area contributed by atoms with Crippen LogP contribution in [0, 0.1) is 0 Å². The first kappa shape index (κ1) is 21.4. The summed E-state index contributed by atoms with van der Waals surface area (Å²) < 4.78 is 37.3. The van der Waals surface area contributed by atoms with Crippen LogP contribution in [0.25, 0.3) is 0 Å². The zero-order valence-electron chi connectivity index (χ0n) is 17.2. The summed E-state index contributed by atoms with van der Waals surface area (Å²) in [5.41, 5.74) is 0.970. The quantitative estimate of drug-likeness (QED) is 0.646. The lowest BCUT2D eigenvalue weighted by Crippen LogP contribution is -2.50. The zero-order valence-corrected chi connectivity index (χ0v) is 18.0. The van der Waals surface area contributed by atoms with Crippen molar-refractivity contribution in [3.05, 3.63) is 48.2 Å². The molecule has 10 heteroatoms. The summed E-state index contributed by atoms with van der Waals surface area (Å²) >= 11 is 0. The van der Waals surface area contributed by atoms with Crippen molar-refractivity contribution in [1.29, 1.82) is 0 Å². The fraction of sp³-hybridized carbons (Fsp3) is 0.429. The number of hydrogen-bond acceptors (Lipinski definition) is 7. The third-order valence-electron chi connectivity index (χ3n) is 5.37. The maximum Gasteiger partial charge on any atom is 0.231 e. The molecule has 0 saturated carbocycles. The summed E-state index contributed by atoms with van der Waals surface area (Å²) in [5.74, 6) is 1.97. The minimum atomic E-state index is -3.42. The van der Waals surface area contributed by atoms with E-state index in [1.807, 2.05) is 36.4 Å². The van der Waals surface area contributed by atoms with Gasteiger partial charge in [0.2, 0.25) is 22.7 Å². The normalized spacial score (nSPS) is 16.3. The number of nitrogens with one attached hydrogen (secondary N) is 1. The van der Waals surface area contributed by atoms with Gasteiger partial charge in [0.25, 0.3) is 0 Å². The van der Waals surface area contributed by atoms with Gasteiger partial charge >= 0.3 is 0 Å². The highest BCUT2D eigenvalue weighted by molar-refractivity contribution is 7.89. The Hall–Kier alpha value is -2.85. The van der Waals surface area contributed by atoms with E-state index < -0.39 is 10.0 Å². The molecule has 1 amide bonds. The number of rotatable bonds is 8. The van der Waals surface area contributed by atoms with Crippen LogP contribution in [0.4, 0.5) is 5.82 Å². The Bertz CT molecular complexity index is 1010. The van der Waals surface area contributed by atoms with Crippen LogP contribution in [-0.4, -0.2) is 68.9 Å². The van der Waals surface area contributed by atoms with Crippen molar-refractivity contribution in [1.82, 2.24) is 14.6 Å². The van der Waals surface area contributed by atoms with E-state index in [0.717, 1.165) is 11.4 Å². The van der Waals surface area contributed by atoms with E-state index >= 15 is 0 Å². The zero-order chi connectivity index (χ0) is 21.7. The molecule has 4 rings (SSSR count). The number of hydrogen-bond donors (Lipinski definition) is 1. The highest BCUT2D eigenvalue weighted by atomic mass is 32.2. The lowest BCUT2D eigenvalue weighted by atomic mass is 10.1. The van der Waals surface area contributed by atoms with Crippen molar-refractivity contribution in [3.8, 4) is 11.5 Å². The molecule has 2 aromatic rings. The number of carbonyl (C=O) groups excluding carboxylic acids is 1. The third-order valence-corrected chi connectivity index (χ3v) is 7.24. The van der Waals surface area contributed by atoms with Crippen molar-refractivity contribution >= 4 is 21.7 Å². The molecule has 1 N–H and O–H groups in total. The SMILES string of the molecule is O=C(CCc1ccc2c(c1)OCO2)NCCS(=O)(=O)N1CCN(c2ccccn2)CC1. The number of anilines is 1. The first-order chi connectivity index (χ1) is 15.0. The third kappa shape index (κ3) is 5.45. The van der Waals surface area contributed by atoms with Gasteiger partial charge in [0.15, 0.2) is 11.5 Å². The van der Waals surface area contributed by atoms with E-state index in [2.05, 4.69) is 15.2 Å². The van der Waals surface area contributed by atoms with Gasteiger partial charge in [-0.15, -0.1) is 0 Å². The van der Waals surface area contributed by atoms with Crippen LogP contribution < -0.4 is 19.7 Å². The maximum atomic E-state index is 12.6. The molecule has 2 aliphatic heterocycles. The molecule has 0 unspecified atom stereocenters. The molecule has 0 spiro atoms. The number of benzene rings is 1. The van der Waals surface area contributed by atoms with E-state index in [4.69, 9.17) is 9.47 Å². The molecule has 1 aromatic heterocycles. The number of fused-ring (bicyclic) bond motifs is 1. The molecule has 1 aromatic carbocycles. The number of pyridine rings is 1. The average molecular weight is 447 g/mol. The molecular formula is C21H26N4O5S. The molecular weight excluding hydrogens is 420 g/mol. The topological polar surface area (TPSA) is 101 Å². The largest absolute Gasteiger partial charge is 0.454 e. The second-order valence-corrected chi connectivity index (χ2v) is 9.52. The predicted octanol–water partition coefficient (Wildman–Crippen LogP) is 1.01. The van der Waals surface area contributed by atoms with Gasteiger partial charge in [-0.25, -0.2) is 13.4 Å². The Kier molecular flexibility index (Phi) is 6.57. The summed E-state index contributed by atoms with van der Waals surface area (Å²) in [5, 5.41) is 2.71. The first-order valence-electron chi connectivity index (χ1n) is 10.3. The van der Waals surface area contributed by atoms with Crippen LogP contribution in [0.1, 0.15) is 12.0 Å². The smallest absolute Gasteiger partial charge is 0.231 e. The van der Waals surface area contributed by atoms with Crippen LogP contribution in [-0.2, 0) is 21.2 Å². The summed E-state index contributed by atoms with van der Waals surface area (Å²) in [7, 11) is -3.42. The summed E-state index contributed by atoms with van der Waals surface area (Å²) in [4.78, 5) is 18.5. The predicted molar refractivity (Wildman–Crippen MR) is 116 cm³/mol. The van der Waals surface area contributed by atoms with Crippen molar-refractivity contribution in [2.45, 2.75) is 12.8 Å². The molecule has 0 aliphatic carbocycles. The lowest BCUT2D eigenvalue weighted by Gasteiger charge is -2.34. The monoisotopic (exact) mass is 446 g/mol. The van der Waals surface area contributed by atoms with Gasteiger partial charge in [-0.1, -0.05) is 12.1 Å². The molecule has 1 fully saturated rings. The number of carbonyl (C=O) groups is 1. The molecule has 1 saturated heterocycles. The molecule has 31 heavy (non-hydrogen) atoms. The van der Waals surface area contributed by atoms with Gasteiger partial charge in [0.1, 0.15) is 5.82 Å². The molecule has 2 aliphatic rings. The van der Waals surface area contributed by atoms with E-state index in [1.165, 1.54) is 4.31 Å². The summed E-state index contributed by atoms with van der Waals surface area (Å²) in [6, 6.07) is 11.3. The number of aromatic nitrogens is 1. The Morgan fingerprint density at radius 1 is 1.06 bits per heavy atom. The number of nitrogens with zero attached hydrogens (tertiary/aromatic N) is 3. The summed E-state index contributed by atoms with van der Waals surface area (Å²) in [6.45, 7) is 2.33. The number of amides is 1. The van der Waals surface area contributed by atoms with Crippen LogP contribution in [0.2, 0.25) is 0 Å². The molecule has 166 valence electrons. The van der Waals surface area contributed by atoms with Crippen molar-refractivity contribution in [2.75, 3.05) is 50.2 Å². The maximum absolute atomic E-state index is 12.6. The Morgan fingerprint density at radius 3 is 2.65 bits per heavy atom. The second-order valence-electron chi connectivity index (χ2n) is 7.43.